The third-order valence-electron chi connectivity index (χ3n) is 5.16. The molecule has 0 bridgehead atoms. The van der Waals surface area contributed by atoms with Gasteiger partial charge in [0.25, 0.3) is 5.91 Å². The van der Waals surface area contributed by atoms with Crippen LogP contribution in [0, 0.1) is 25.6 Å². The topological polar surface area (TPSA) is 72.1 Å². The number of aryl methyl sites for hydroxylation is 2. The number of amides is 1. The maximum atomic E-state index is 13.0. The number of hydrogen-bond donors (Lipinski definition) is 0. The summed E-state index contributed by atoms with van der Waals surface area (Å²) in [5, 5.41) is 3.95. The number of nitrogens with zero attached hydrogens (tertiary/aromatic N) is 4. The molecule has 1 saturated heterocycles. The van der Waals surface area contributed by atoms with Crippen LogP contribution in [-0.4, -0.2) is 39.0 Å². The molecule has 1 fully saturated rings. The number of aromatic nitrogens is 3. The van der Waals surface area contributed by atoms with Gasteiger partial charge >= 0.3 is 0 Å². The van der Waals surface area contributed by atoms with E-state index in [0.717, 1.165) is 41.2 Å². The van der Waals surface area contributed by atoms with E-state index in [4.69, 9.17) is 4.52 Å². The standard InChI is InChI=1S/C21H21FN4O2/c1-13-20(14(2)28-25-13)19-11-23-18(10-24-19)9-15-7-8-26(12-15)21(27)16-3-5-17(22)6-4-16/h3-6,10-11,15H,7-9,12H2,1-2H3/t15-/m1/s1. The van der Waals surface area contributed by atoms with E-state index in [1.807, 2.05) is 18.7 Å². The van der Waals surface area contributed by atoms with Crippen molar-refractivity contribution in [1.82, 2.24) is 20.0 Å². The van der Waals surface area contributed by atoms with Crippen LogP contribution in [0.15, 0.2) is 41.2 Å². The Kier molecular flexibility index (Phi) is 4.90. The highest BCUT2D eigenvalue weighted by Gasteiger charge is 2.27. The Bertz CT molecular complexity index is 963. The van der Waals surface area contributed by atoms with E-state index >= 15 is 0 Å². The molecule has 0 saturated carbocycles. The van der Waals surface area contributed by atoms with Crippen LogP contribution in [0.4, 0.5) is 4.39 Å². The van der Waals surface area contributed by atoms with E-state index in [2.05, 4.69) is 15.1 Å². The fourth-order valence-electron chi connectivity index (χ4n) is 3.69. The molecule has 2 aromatic heterocycles. The molecule has 1 aromatic carbocycles. The van der Waals surface area contributed by atoms with E-state index in [1.165, 1.54) is 24.3 Å². The van der Waals surface area contributed by atoms with E-state index in [1.54, 1.807) is 12.4 Å². The minimum absolute atomic E-state index is 0.0534. The Morgan fingerprint density at radius 1 is 1.21 bits per heavy atom. The number of carbonyl (C=O) groups is 1. The van der Waals surface area contributed by atoms with Gasteiger partial charge in [0, 0.05) is 24.8 Å². The predicted octanol–water partition coefficient (Wildman–Crippen LogP) is 3.59. The van der Waals surface area contributed by atoms with Crippen molar-refractivity contribution in [3.63, 3.8) is 0 Å². The highest BCUT2D eigenvalue weighted by molar-refractivity contribution is 5.94. The van der Waals surface area contributed by atoms with Crippen molar-refractivity contribution in [2.75, 3.05) is 13.1 Å². The summed E-state index contributed by atoms with van der Waals surface area (Å²) >= 11 is 0. The van der Waals surface area contributed by atoms with Crippen molar-refractivity contribution in [3.8, 4) is 11.3 Å². The number of benzene rings is 1. The molecule has 1 amide bonds. The maximum Gasteiger partial charge on any atom is 0.253 e. The molecule has 144 valence electrons. The molecule has 0 aliphatic carbocycles. The summed E-state index contributed by atoms with van der Waals surface area (Å²) in [6.07, 6.45) is 5.21. The molecular formula is C21H21FN4O2. The molecular weight excluding hydrogens is 359 g/mol. The van der Waals surface area contributed by atoms with Gasteiger partial charge in [-0.3, -0.25) is 14.8 Å². The lowest BCUT2D eigenvalue weighted by Gasteiger charge is -2.16. The Labute approximate surface area is 162 Å². The smallest absolute Gasteiger partial charge is 0.253 e. The molecule has 0 unspecified atom stereocenters. The first-order valence-electron chi connectivity index (χ1n) is 9.30. The van der Waals surface area contributed by atoms with Crippen LogP contribution in [0.5, 0.6) is 0 Å². The largest absolute Gasteiger partial charge is 0.361 e. The van der Waals surface area contributed by atoms with Crippen molar-refractivity contribution >= 4 is 5.91 Å². The Morgan fingerprint density at radius 3 is 2.64 bits per heavy atom. The lowest BCUT2D eigenvalue weighted by Crippen LogP contribution is -2.29. The summed E-state index contributed by atoms with van der Waals surface area (Å²) in [6, 6.07) is 5.70. The van der Waals surface area contributed by atoms with E-state index in [9.17, 15) is 9.18 Å². The van der Waals surface area contributed by atoms with Crippen LogP contribution >= 0.6 is 0 Å². The minimum Gasteiger partial charge on any atom is -0.361 e. The van der Waals surface area contributed by atoms with Gasteiger partial charge in [-0.15, -0.1) is 0 Å². The van der Waals surface area contributed by atoms with Crippen molar-refractivity contribution in [2.45, 2.75) is 26.7 Å². The third kappa shape index (κ3) is 3.65. The Morgan fingerprint density at radius 2 is 2.00 bits per heavy atom. The van der Waals surface area contributed by atoms with E-state index < -0.39 is 0 Å². The van der Waals surface area contributed by atoms with Crippen LogP contribution in [0.1, 0.15) is 33.9 Å². The van der Waals surface area contributed by atoms with E-state index in [0.29, 0.717) is 24.6 Å². The number of halogens is 1. The molecule has 1 aliphatic heterocycles. The summed E-state index contributed by atoms with van der Waals surface area (Å²) < 4.78 is 18.2. The van der Waals surface area contributed by atoms with Crippen molar-refractivity contribution in [3.05, 3.63) is 65.2 Å². The summed E-state index contributed by atoms with van der Waals surface area (Å²) in [6.45, 7) is 5.11. The van der Waals surface area contributed by atoms with Crippen LogP contribution in [0.25, 0.3) is 11.3 Å². The van der Waals surface area contributed by atoms with Crippen LogP contribution in [-0.2, 0) is 6.42 Å². The quantitative estimate of drug-likeness (QED) is 0.692. The molecule has 1 aliphatic rings. The first-order valence-corrected chi connectivity index (χ1v) is 9.30. The Balaban J connectivity index is 1.39. The second kappa shape index (κ2) is 7.50. The maximum absolute atomic E-state index is 13.0. The Hall–Kier alpha value is -3.09. The van der Waals surface area contributed by atoms with Gasteiger partial charge in [-0.05, 0) is 56.9 Å². The van der Waals surface area contributed by atoms with Gasteiger partial charge in [0.05, 0.1) is 28.8 Å². The molecule has 3 aromatic rings. The van der Waals surface area contributed by atoms with Crippen molar-refractivity contribution < 1.29 is 13.7 Å². The fourth-order valence-corrected chi connectivity index (χ4v) is 3.69. The molecule has 0 radical (unpaired) electrons. The zero-order valence-corrected chi connectivity index (χ0v) is 15.9. The molecule has 0 N–H and O–H groups in total. The van der Waals surface area contributed by atoms with Crippen LogP contribution in [0.3, 0.4) is 0 Å². The van der Waals surface area contributed by atoms with Gasteiger partial charge in [-0.25, -0.2) is 4.39 Å². The monoisotopic (exact) mass is 380 g/mol. The zero-order valence-electron chi connectivity index (χ0n) is 15.9. The predicted molar refractivity (Wildman–Crippen MR) is 101 cm³/mol. The molecule has 0 spiro atoms. The highest BCUT2D eigenvalue weighted by Crippen LogP contribution is 2.25. The average Bonchev–Trinajstić information content (AvgIpc) is 3.29. The lowest BCUT2D eigenvalue weighted by atomic mass is 10.0. The average molecular weight is 380 g/mol. The van der Waals surface area contributed by atoms with Crippen LogP contribution in [0.2, 0.25) is 0 Å². The zero-order chi connectivity index (χ0) is 19.7. The summed E-state index contributed by atoms with van der Waals surface area (Å²) in [5.41, 5.74) is 3.85. The minimum atomic E-state index is -0.338. The van der Waals surface area contributed by atoms with E-state index in [-0.39, 0.29) is 11.7 Å². The van der Waals surface area contributed by atoms with Crippen molar-refractivity contribution in [2.24, 2.45) is 5.92 Å². The van der Waals surface area contributed by atoms with Gasteiger partial charge in [-0.1, -0.05) is 5.16 Å². The van der Waals surface area contributed by atoms with Gasteiger partial charge in [0.2, 0.25) is 0 Å². The second-order valence-corrected chi connectivity index (χ2v) is 7.21. The molecule has 7 heteroatoms. The SMILES string of the molecule is Cc1noc(C)c1-c1cnc(C[C@H]2CCN(C(=O)c3ccc(F)cc3)C2)cn1. The summed E-state index contributed by atoms with van der Waals surface area (Å²) in [5.74, 6) is 0.672. The molecule has 4 rings (SSSR count). The first kappa shape index (κ1) is 18.3. The normalized spacial score (nSPS) is 16.5. The first-order chi connectivity index (χ1) is 13.5. The number of likely N-dealkylation sites (tertiary alicyclic amines) is 1. The summed E-state index contributed by atoms with van der Waals surface area (Å²) in [4.78, 5) is 23.4. The number of rotatable bonds is 4. The lowest BCUT2D eigenvalue weighted by molar-refractivity contribution is 0.0787. The number of carbonyl (C=O) groups excluding carboxylic acids is 1. The fraction of sp³-hybridized carbons (Fsp3) is 0.333. The van der Waals surface area contributed by atoms with Gasteiger partial charge < -0.3 is 9.42 Å². The molecule has 28 heavy (non-hydrogen) atoms. The molecule has 6 nitrogen and oxygen atoms in total. The molecule has 3 heterocycles. The van der Waals surface area contributed by atoms with Gasteiger partial charge in [0.15, 0.2) is 0 Å². The number of hydrogen-bond acceptors (Lipinski definition) is 5. The third-order valence-corrected chi connectivity index (χ3v) is 5.16. The second-order valence-electron chi connectivity index (χ2n) is 7.21. The molecule has 1 atom stereocenters. The summed E-state index contributed by atoms with van der Waals surface area (Å²) in [7, 11) is 0. The van der Waals surface area contributed by atoms with Gasteiger partial charge in [-0.2, -0.15) is 0 Å². The van der Waals surface area contributed by atoms with Crippen LogP contribution < -0.4 is 0 Å². The highest BCUT2D eigenvalue weighted by atomic mass is 19.1. The van der Waals surface area contributed by atoms with Crippen molar-refractivity contribution in [1.29, 1.82) is 0 Å². The van der Waals surface area contributed by atoms with Gasteiger partial charge in [0.1, 0.15) is 11.6 Å².